The first-order valence-electron chi connectivity index (χ1n) is 7.72. The molecule has 0 aromatic carbocycles. The van der Waals surface area contributed by atoms with Gasteiger partial charge in [-0.15, -0.1) is 0 Å². The zero-order valence-electron chi connectivity index (χ0n) is 12.9. The van der Waals surface area contributed by atoms with Crippen LogP contribution in [0.2, 0.25) is 0 Å². The van der Waals surface area contributed by atoms with Crippen molar-refractivity contribution in [1.29, 1.82) is 0 Å². The van der Waals surface area contributed by atoms with Gasteiger partial charge in [0.2, 0.25) is 0 Å². The molecular formula is C16H31NO. The molecule has 0 aromatic rings. The van der Waals surface area contributed by atoms with Crippen molar-refractivity contribution in [2.45, 2.75) is 66.3 Å². The van der Waals surface area contributed by atoms with E-state index in [2.05, 4.69) is 39.5 Å². The van der Waals surface area contributed by atoms with Gasteiger partial charge in [0, 0.05) is 24.9 Å². The molecule has 0 spiro atoms. The van der Waals surface area contributed by atoms with Crippen LogP contribution in [0.5, 0.6) is 0 Å². The van der Waals surface area contributed by atoms with E-state index in [0.29, 0.717) is 17.7 Å². The highest BCUT2D eigenvalue weighted by Crippen LogP contribution is 2.32. The normalized spacial score (nSPS) is 25.4. The van der Waals surface area contributed by atoms with Crippen LogP contribution in [-0.2, 0) is 4.79 Å². The van der Waals surface area contributed by atoms with Crippen LogP contribution in [0.3, 0.4) is 0 Å². The molecule has 0 heterocycles. The molecule has 0 aromatic heterocycles. The summed E-state index contributed by atoms with van der Waals surface area (Å²) in [6, 6.07) is 0.553. The maximum atomic E-state index is 12.1. The van der Waals surface area contributed by atoms with Crippen molar-refractivity contribution in [2.75, 3.05) is 13.1 Å². The fourth-order valence-electron chi connectivity index (χ4n) is 3.06. The number of ketones is 1. The first-order valence-corrected chi connectivity index (χ1v) is 7.72. The molecule has 0 amide bonds. The van der Waals surface area contributed by atoms with Crippen molar-refractivity contribution in [1.82, 2.24) is 4.90 Å². The fourth-order valence-corrected chi connectivity index (χ4v) is 3.06. The topological polar surface area (TPSA) is 20.3 Å². The zero-order valence-corrected chi connectivity index (χ0v) is 12.9. The van der Waals surface area contributed by atoms with Crippen LogP contribution < -0.4 is 0 Å². The van der Waals surface area contributed by atoms with Crippen molar-refractivity contribution < 1.29 is 4.79 Å². The van der Waals surface area contributed by atoms with Crippen molar-refractivity contribution >= 4 is 5.78 Å². The molecular weight excluding hydrogens is 222 g/mol. The lowest BCUT2D eigenvalue weighted by Crippen LogP contribution is -2.41. The fraction of sp³-hybridized carbons (Fsp3) is 0.938. The Labute approximate surface area is 113 Å². The van der Waals surface area contributed by atoms with Crippen molar-refractivity contribution in [2.24, 2.45) is 17.8 Å². The van der Waals surface area contributed by atoms with E-state index in [1.807, 2.05) is 0 Å². The van der Waals surface area contributed by atoms with Crippen molar-refractivity contribution in [3.8, 4) is 0 Å². The van der Waals surface area contributed by atoms with Gasteiger partial charge in [0.1, 0.15) is 5.78 Å². The number of carbonyl (C=O) groups is 1. The summed E-state index contributed by atoms with van der Waals surface area (Å²) in [7, 11) is 0. The second-order valence-corrected chi connectivity index (χ2v) is 6.53. The Morgan fingerprint density at radius 2 is 1.94 bits per heavy atom. The average molecular weight is 253 g/mol. The highest BCUT2D eigenvalue weighted by molar-refractivity contribution is 5.82. The van der Waals surface area contributed by atoms with Crippen LogP contribution in [0.15, 0.2) is 0 Å². The minimum Gasteiger partial charge on any atom is -0.300 e. The van der Waals surface area contributed by atoms with Gasteiger partial charge < -0.3 is 4.90 Å². The number of carbonyl (C=O) groups excluding carboxylic acids is 1. The van der Waals surface area contributed by atoms with Gasteiger partial charge in [-0.05, 0) is 51.5 Å². The van der Waals surface area contributed by atoms with Crippen molar-refractivity contribution in [3.63, 3.8) is 0 Å². The van der Waals surface area contributed by atoms with E-state index in [0.717, 1.165) is 44.2 Å². The molecule has 2 atom stereocenters. The molecule has 2 unspecified atom stereocenters. The molecule has 0 aliphatic heterocycles. The quantitative estimate of drug-likeness (QED) is 0.718. The standard InChI is InChI=1S/C16H31NO/c1-6-9-17(13(4)5)11-15-10-14(12(2)3)7-8-16(15)18/h12-15H,6-11H2,1-5H3. The lowest BCUT2D eigenvalue weighted by Gasteiger charge is -2.35. The molecule has 2 nitrogen and oxygen atoms in total. The molecule has 2 heteroatoms. The second kappa shape index (κ2) is 7.28. The van der Waals surface area contributed by atoms with E-state index in [4.69, 9.17) is 0 Å². The van der Waals surface area contributed by atoms with E-state index in [9.17, 15) is 4.79 Å². The van der Waals surface area contributed by atoms with E-state index in [1.165, 1.54) is 6.42 Å². The van der Waals surface area contributed by atoms with Crippen LogP contribution in [-0.4, -0.2) is 29.8 Å². The van der Waals surface area contributed by atoms with Crippen LogP contribution >= 0.6 is 0 Å². The predicted molar refractivity (Wildman–Crippen MR) is 77.7 cm³/mol. The molecule has 1 saturated carbocycles. The third-order valence-corrected chi connectivity index (χ3v) is 4.44. The summed E-state index contributed by atoms with van der Waals surface area (Å²) in [4.78, 5) is 14.6. The molecule has 18 heavy (non-hydrogen) atoms. The average Bonchev–Trinajstić information content (AvgIpc) is 2.30. The molecule has 1 aliphatic carbocycles. The number of hydrogen-bond acceptors (Lipinski definition) is 2. The summed E-state index contributed by atoms with van der Waals surface area (Å²) in [6.07, 6.45) is 4.21. The highest BCUT2D eigenvalue weighted by Gasteiger charge is 2.31. The molecule has 106 valence electrons. The van der Waals surface area contributed by atoms with Gasteiger partial charge in [0.25, 0.3) is 0 Å². The van der Waals surface area contributed by atoms with Crippen LogP contribution in [0.1, 0.15) is 60.3 Å². The predicted octanol–water partition coefficient (Wildman–Crippen LogP) is 3.75. The van der Waals surface area contributed by atoms with Crippen LogP contribution in [0, 0.1) is 17.8 Å². The molecule has 1 rings (SSSR count). The molecule has 0 saturated heterocycles. The summed E-state index contributed by atoms with van der Waals surface area (Å²) >= 11 is 0. The van der Waals surface area contributed by atoms with Gasteiger partial charge in [0.05, 0.1) is 0 Å². The SMILES string of the molecule is CCCN(CC1CC(C(C)C)CCC1=O)C(C)C. The monoisotopic (exact) mass is 253 g/mol. The first kappa shape index (κ1) is 15.7. The Kier molecular flexibility index (Phi) is 6.34. The van der Waals surface area contributed by atoms with E-state index in [-0.39, 0.29) is 0 Å². The summed E-state index contributed by atoms with van der Waals surface area (Å²) in [5.41, 5.74) is 0. The van der Waals surface area contributed by atoms with Gasteiger partial charge in [-0.2, -0.15) is 0 Å². The second-order valence-electron chi connectivity index (χ2n) is 6.53. The van der Waals surface area contributed by atoms with Gasteiger partial charge in [-0.25, -0.2) is 0 Å². The Balaban J connectivity index is 2.59. The summed E-state index contributed by atoms with van der Waals surface area (Å²) in [6.45, 7) is 13.4. The number of rotatable bonds is 6. The van der Waals surface area contributed by atoms with Gasteiger partial charge in [-0.1, -0.05) is 20.8 Å². The molecule has 1 fully saturated rings. The maximum Gasteiger partial charge on any atom is 0.137 e. The van der Waals surface area contributed by atoms with E-state index < -0.39 is 0 Å². The minimum absolute atomic E-state index is 0.292. The number of Topliss-reactive ketones (excluding diaryl/α,β-unsaturated/α-hetero) is 1. The summed E-state index contributed by atoms with van der Waals surface area (Å²) in [5, 5.41) is 0. The largest absolute Gasteiger partial charge is 0.300 e. The molecule has 0 bridgehead atoms. The van der Waals surface area contributed by atoms with Gasteiger partial charge in [-0.3, -0.25) is 4.79 Å². The Hall–Kier alpha value is -0.370. The zero-order chi connectivity index (χ0) is 13.7. The third-order valence-electron chi connectivity index (χ3n) is 4.44. The van der Waals surface area contributed by atoms with E-state index in [1.54, 1.807) is 0 Å². The lowest BCUT2D eigenvalue weighted by molar-refractivity contribution is -0.126. The molecule has 1 aliphatic rings. The smallest absolute Gasteiger partial charge is 0.137 e. The first-order chi connectivity index (χ1) is 8.45. The van der Waals surface area contributed by atoms with Crippen molar-refractivity contribution in [3.05, 3.63) is 0 Å². The molecule has 0 radical (unpaired) electrons. The summed E-state index contributed by atoms with van der Waals surface area (Å²) < 4.78 is 0. The van der Waals surface area contributed by atoms with Crippen LogP contribution in [0.25, 0.3) is 0 Å². The molecule has 0 N–H and O–H groups in total. The third kappa shape index (κ3) is 4.38. The van der Waals surface area contributed by atoms with Crippen LogP contribution in [0.4, 0.5) is 0 Å². The maximum absolute atomic E-state index is 12.1. The Morgan fingerprint density at radius 1 is 1.28 bits per heavy atom. The van der Waals surface area contributed by atoms with E-state index >= 15 is 0 Å². The van der Waals surface area contributed by atoms with Gasteiger partial charge >= 0.3 is 0 Å². The minimum atomic E-state index is 0.292. The number of nitrogens with zero attached hydrogens (tertiary/aromatic N) is 1. The number of hydrogen-bond donors (Lipinski definition) is 0. The lowest BCUT2D eigenvalue weighted by atomic mass is 9.75. The van der Waals surface area contributed by atoms with Gasteiger partial charge in [0.15, 0.2) is 0 Å². The Morgan fingerprint density at radius 3 is 2.44 bits per heavy atom. The summed E-state index contributed by atoms with van der Waals surface area (Å²) in [5.74, 6) is 2.27. The Bertz CT molecular complexity index is 260. The highest BCUT2D eigenvalue weighted by atomic mass is 16.1.